The van der Waals surface area contributed by atoms with Gasteiger partial charge in [0, 0.05) is 29.8 Å². The Balaban J connectivity index is 2.40. The SMILES string of the molecule is CC(Br)CC(C)NCc1ccncc1Cl. The molecule has 0 aliphatic heterocycles. The van der Waals surface area contributed by atoms with Gasteiger partial charge in [-0.1, -0.05) is 34.5 Å². The van der Waals surface area contributed by atoms with E-state index in [4.69, 9.17) is 11.6 Å². The summed E-state index contributed by atoms with van der Waals surface area (Å²) in [6, 6.07) is 2.42. The summed E-state index contributed by atoms with van der Waals surface area (Å²) in [7, 11) is 0. The fourth-order valence-electron chi connectivity index (χ4n) is 1.40. The number of hydrogen-bond donors (Lipinski definition) is 1. The van der Waals surface area contributed by atoms with E-state index >= 15 is 0 Å². The molecule has 0 saturated carbocycles. The van der Waals surface area contributed by atoms with Gasteiger partial charge < -0.3 is 5.32 Å². The van der Waals surface area contributed by atoms with E-state index in [2.05, 4.69) is 40.1 Å². The molecule has 84 valence electrons. The molecule has 0 fully saturated rings. The van der Waals surface area contributed by atoms with E-state index in [9.17, 15) is 0 Å². The second kappa shape index (κ2) is 6.46. The molecule has 0 spiro atoms. The van der Waals surface area contributed by atoms with Crippen LogP contribution in [0.2, 0.25) is 5.02 Å². The van der Waals surface area contributed by atoms with Gasteiger partial charge in [0.2, 0.25) is 0 Å². The molecule has 2 unspecified atom stereocenters. The zero-order valence-corrected chi connectivity index (χ0v) is 11.3. The molecule has 15 heavy (non-hydrogen) atoms. The van der Waals surface area contributed by atoms with E-state index in [-0.39, 0.29) is 0 Å². The monoisotopic (exact) mass is 290 g/mol. The Bertz CT molecular complexity index is 304. The van der Waals surface area contributed by atoms with Crippen molar-refractivity contribution in [1.29, 1.82) is 0 Å². The van der Waals surface area contributed by atoms with Gasteiger partial charge in [-0.05, 0) is 25.0 Å². The third-order valence-corrected chi connectivity index (χ3v) is 2.89. The van der Waals surface area contributed by atoms with E-state index in [1.807, 2.05) is 6.07 Å². The minimum Gasteiger partial charge on any atom is -0.310 e. The second-order valence-electron chi connectivity index (χ2n) is 3.77. The molecule has 1 N–H and O–H groups in total. The van der Waals surface area contributed by atoms with Crippen LogP contribution in [0.1, 0.15) is 25.8 Å². The zero-order chi connectivity index (χ0) is 11.3. The molecule has 0 bridgehead atoms. The molecule has 4 heteroatoms. The number of hydrogen-bond acceptors (Lipinski definition) is 2. The maximum Gasteiger partial charge on any atom is 0.0634 e. The molecule has 2 nitrogen and oxygen atoms in total. The Morgan fingerprint density at radius 3 is 2.87 bits per heavy atom. The highest BCUT2D eigenvalue weighted by Crippen LogP contribution is 2.13. The Morgan fingerprint density at radius 1 is 1.53 bits per heavy atom. The van der Waals surface area contributed by atoms with Crippen LogP contribution in [0.5, 0.6) is 0 Å². The van der Waals surface area contributed by atoms with Crippen LogP contribution in [0.15, 0.2) is 18.5 Å². The van der Waals surface area contributed by atoms with Gasteiger partial charge in [0.25, 0.3) is 0 Å². The molecule has 2 atom stereocenters. The summed E-state index contributed by atoms with van der Waals surface area (Å²) >= 11 is 9.54. The van der Waals surface area contributed by atoms with Crippen molar-refractivity contribution in [2.75, 3.05) is 0 Å². The van der Waals surface area contributed by atoms with Crippen LogP contribution in [-0.2, 0) is 6.54 Å². The number of nitrogens with one attached hydrogen (secondary N) is 1. The number of pyridine rings is 1. The largest absolute Gasteiger partial charge is 0.310 e. The van der Waals surface area contributed by atoms with E-state index in [0.717, 1.165) is 23.6 Å². The van der Waals surface area contributed by atoms with E-state index in [1.54, 1.807) is 12.4 Å². The highest BCUT2D eigenvalue weighted by atomic mass is 79.9. The van der Waals surface area contributed by atoms with Crippen LogP contribution < -0.4 is 5.32 Å². The zero-order valence-electron chi connectivity index (χ0n) is 9.00. The topological polar surface area (TPSA) is 24.9 Å². The predicted molar refractivity (Wildman–Crippen MR) is 68.6 cm³/mol. The first-order valence-electron chi connectivity index (χ1n) is 5.05. The van der Waals surface area contributed by atoms with Gasteiger partial charge in [0.1, 0.15) is 0 Å². The lowest BCUT2D eigenvalue weighted by molar-refractivity contribution is 0.515. The van der Waals surface area contributed by atoms with Crippen LogP contribution in [0.4, 0.5) is 0 Å². The summed E-state index contributed by atoms with van der Waals surface area (Å²) in [5.41, 5.74) is 1.10. The lowest BCUT2D eigenvalue weighted by atomic mass is 10.2. The molecule has 0 aliphatic carbocycles. The minimum atomic E-state index is 0.476. The van der Waals surface area contributed by atoms with Crippen molar-refractivity contribution in [2.45, 2.75) is 37.7 Å². The minimum absolute atomic E-state index is 0.476. The van der Waals surface area contributed by atoms with Crippen molar-refractivity contribution in [2.24, 2.45) is 0 Å². The molecule has 1 aromatic rings. The number of halogens is 2. The Morgan fingerprint density at radius 2 is 2.27 bits per heavy atom. The van der Waals surface area contributed by atoms with Gasteiger partial charge in [-0.25, -0.2) is 0 Å². The van der Waals surface area contributed by atoms with Gasteiger partial charge in [-0.15, -0.1) is 0 Å². The number of nitrogens with zero attached hydrogens (tertiary/aromatic N) is 1. The first kappa shape index (κ1) is 12.9. The fourth-order valence-corrected chi connectivity index (χ4v) is 2.15. The third-order valence-electron chi connectivity index (χ3n) is 2.18. The molecule has 1 aromatic heterocycles. The first-order chi connectivity index (χ1) is 7.09. The molecule has 0 aromatic carbocycles. The maximum atomic E-state index is 6.00. The Labute approximate surface area is 105 Å². The van der Waals surface area contributed by atoms with Crippen molar-refractivity contribution in [3.05, 3.63) is 29.0 Å². The smallest absolute Gasteiger partial charge is 0.0634 e. The summed E-state index contributed by atoms with van der Waals surface area (Å²) in [6.45, 7) is 5.12. The second-order valence-corrected chi connectivity index (χ2v) is 5.74. The van der Waals surface area contributed by atoms with Crippen molar-refractivity contribution < 1.29 is 0 Å². The van der Waals surface area contributed by atoms with Crippen LogP contribution in [0.25, 0.3) is 0 Å². The van der Waals surface area contributed by atoms with E-state index in [1.165, 1.54) is 0 Å². The molecule has 0 radical (unpaired) electrons. The van der Waals surface area contributed by atoms with Crippen molar-refractivity contribution in [3.63, 3.8) is 0 Å². The van der Waals surface area contributed by atoms with Gasteiger partial charge in [-0.3, -0.25) is 4.98 Å². The fraction of sp³-hybridized carbons (Fsp3) is 0.545. The van der Waals surface area contributed by atoms with Gasteiger partial charge in [0.05, 0.1) is 5.02 Å². The van der Waals surface area contributed by atoms with Crippen LogP contribution >= 0.6 is 27.5 Å². The Kier molecular flexibility index (Phi) is 5.58. The van der Waals surface area contributed by atoms with Crippen LogP contribution in [0, 0.1) is 0 Å². The lowest BCUT2D eigenvalue weighted by Crippen LogP contribution is -2.27. The van der Waals surface area contributed by atoms with E-state index < -0.39 is 0 Å². The first-order valence-corrected chi connectivity index (χ1v) is 6.34. The highest BCUT2D eigenvalue weighted by Gasteiger charge is 2.06. The molecular formula is C11H16BrClN2. The third kappa shape index (κ3) is 4.96. The average molecular weight is 292 g/mol. The van der Waals surface area contributed by atoms with Gasteiger partial charge in [-0.2, -0.15) is 0 Å². The highest BCUT2D eigenvalue weighted by molar-refractivity contribution is 9.09. The number of rotatable bonds is 5. The summed E-state index contributed by atoms with van der Waals surface area (Å²) in [5.74, 6) is 0. The molecule has 0 amide bonds. The number of aromatic nitrogens is 1. The average Bonchev–Trinajstić information content (AvgIpc) is 2.15. The molecular weight excluding hydrogens is 275 g/mol. The van der Waals surface area contributed by atoms with Gasteiger partial charge >= 0.3 is 0 Å². The predicted octanol–water partition coefficient (Wildman–Crippen LogP) is 3.39. The summed E-state index contributed by atoms with van der Waals surface area (Å²) < 4.78 is 0. The van der Waals surface area contributed by atoms with Crippen molar-refractivity contribution in [1.82, 2.24) is 10.3 Å². The summed E-state index contributed by atoms with van der Waals surface area (Å²) in [6.07, 6.45) is 4.54. The maximum absolute atomic E-state index is 6.00. The standard InChI is InChI=1S/C11H16BrClN2/c1-8(12)5-9(2)15-6-10-3-4-14-7-11(10)13/h3-4,7-9,15H,5-6H2,1-2H3. The summed E-state index contributed by atoms with van der Waals surface area (Å²) in [4.78, 5) is 4.49. The Hall–Kier alpha value is -0.120. The molecule has 1 rings (SSSR count). The molecule has 0 aliphatic rings. The van der Waals surface area contributed by atoms with E-state index in [0.29, 0.717) is 10.9 Å². The quantitative estimate of drug-likeness (QED) is 0.841. The molecule has 0 saturated heterocycles. The number of alkyl halides is 1. The van der Waals surface area contributed by atoms with Crippen molar-refractivity contribution >= 4 is 27.5 Å². The normalized spacial score (nSPS) is 14.9. The summed E-state index contributed by atoms with van der Waals surface area (Å²) in [5, 5.41) is 4.15. The lowest BCUT2D eigenvalue weighted by Gasteiger charge is -2.15. The van der Waals surface area contributed by atoms with Crippen molar-refractivity contribution in [3.8, 4) is 0 Å². The van der Waals surface area contributed by atoms with Crippen LogP contribution in [0.3, 0.4) is 0 Å². The van der Waals surface area contributed by atoms with Gasteiger partial charge in [0.15, 0.2) is 0 Å². The van der Waals surface area contributed by atoms with Crippen LogP contribution in [-0.4, -0.2) is 15.9 Å². The molecule has 1 heterocycles.